The highest BCUT2D eigenvalue weighted by Gasteiger charge is 2.19. The minimum atomic E-state index is -1.20. The van der Waals surface area contributed by atoms with Crippen molar-refractivity contribution >= 4 is 5.91 Å². The lowest BCUT2D eigenvalue weighted by Crippen LogP contribution is -2.27. The molecule has 0 saturated carbocycles. The van der Waals surface area contributed by atoms with Crippen molar-refractivity contribution in [1.82, 2.24) is 5.32 Å². The van der Waals surface area contributed by atoms with E-state index in [9.17, 15) is 19.4 Å². The number of amides is 1. The van der Waals surface area contributed by atoms with Crippen LogP contribution in [0.25, 0.3) is 0 Å². The average molecular weight is 270 g/mol. The van der Waals surface area contributed by atoms with Crippen LogP contribution in [0.15, 0.2) is 18.2 Å². The van der Waals surface area contributed by atoms with Gasteiger partial charge in [0.2, 0.25) is 5.91 Å². The zero-order chi connectivity index (χ0) is 14.4. The van der Waals surface area contributed by atoms with Gasteiger partial charge in [-0.1, -0.05) is 12.1 Å². The molecule has 5 N–H and O–H groups in total. The van der Waals surface area contributed by atoms with Crippen LogP contribution in [-0.2, 0) is 11.3 Å². The normalized spacial score (nSPS) is 13.9. The van der Waals surface area contributed by atoms with E-state index < -0.39 is 18.0 Å². The number of hydrogen-bond acceptors (Lipinski definition) is 4. The van der Waals surface area contributed by atoms with Gasteiger partial charge in [-0.3, -0.25) is 4.79 Å². The van der Waals surface area contributed by atoms with E-state index in [2.05, 4.69) is 5.32 Å². The highest BCUT2D eigenvalue weighted by Crippen LogP contribution is 2.21. The second kappa shape index (κ2) is 7.18. The Kier molecular flexibility index (Phi) is 5.88. The Labute approximate surface area is 111 Å². The minimum Gasteiger partial charge on any atom is -0.390 e. The van der Waals surface area contributed by atoms with Crippen LogP contribution >= 0.6 is 0 Å². The molecule has 0 fully saturated rings. The van der Waals surface area contributed by atoms with E-state index in [0.29, 0.717) is 5.56 Å². The molecule has 0 saturated heterocycles. The first-order chi connectivity index (χ1) is 8.95. The van der Waals surface area contributed by atoms with Crippen molar-refractivity contribution in [2.45, 2.75) is 32.1 Å². The Hall–Kier alpha value is -1.50. The number of halogens is 1. The first kappa shape index (κ1) is 15.6. The summed E-state index contributed by atoms with van der Waals surface area (Å²) in [5.74, 6) is -0.715. The summed E-state index contributed by atoms with van der Waals surface area (Å²) >= 11 is 0. The maximum Gasteiger partial charge on any atom is 0.216 e. The molecule has 0 aliphatic rings. The van der Waals surface area contributed by atoms with E-state index in [1.165, 1.54) is 19.1 Å². The van der Waals surface area contributed by atoms with Gasteiger partial charge < -0.3 is 21.3 Å². The van der Waals surface area contributed by atoms with E-state index >= 15 is 0 Å². The minimum absolute atomic E-state index is 0.0767. The number of rotatable bonds is 6. The first-order valence-corrected chi connectivity index (χ1v) is 6.04. The van der Waals surface area contributed by atoms with Crippen LogP contribution < -0.4 is 11.1 Å². The molecule has 19 heavy (non-hydrogen) atoms. The Morgan fingerprint density at radius 1 is 1.47 bits per heavy atom. The van der Waals surface area contributed by atoms with Crippen molar-refractivity contribution < 1.29 is 19.4 Å². The average Bonchev–Trinajstić information content (AvgIpc) is 2.37. The summed E-state index contributed by atoms with van der Waals surface area (Å²) in [5.41, 5.74) is 5.97. The van der Waals surface area contributed by atoms with Gasteiger partial charge in [0.25, 0.3) is 0 Å². The van der Waals surface area contributed by atoms with Crippen molar-refractivity contribution in [2.24, 2.45) is 5.73 Å². The van der Waals surface area contributed by atoms with Crippen LogP contribution in [0.1, 0.15) is 30.6 Å². The van der Waals surface area contributed by atoms with Gasteiger partial charge in [-0.2, -0.15) is 0 Å². The quantitative estimate of drug-likeness (QED) is 0.594. The largest absolute Gasteiger partial charge is 0.390 e. The molecule has 6 heteroatoms. The number of carbonyl (C=O) groups is 1. The third-order valence-electron chi connectivity index (χ3n) is 2.82. The SMILES string of the molecule is CC(=O)NCCC(O)C(O)c1ccc(CN)c(F)c1. The summed E-state index contributed by atoms with van der Waals surface area (Å²) in [5, 5.41) is 22.1. The van der Waals surface area contributed by atoms with Crippen LogP contribution in [0.5, 0.6) is 0 Å². The first-order valence-electron chi connectivity index (χ1n) is 6.04. The molecular weight excluding hydrogens is 251 g/mol. The molecule has 2 atom stereocenters. The highest BCUT2D eigenvalue weighted by molar-refractivity contribution is 5.72. The van der Waals surface area contributed by atoms with Gasteiger partial charge in [-0.15, -0.1) is 0 Å². The molecule has 1 amide bonds. The summed E-state index contributed by atoms with van der Waals surface area (Å²) in [4.78, 5) is 10.7. The smallest absolute Gasteiger partial charge is 0.216 e. The summed E-state index contributed by atoms with van der Waals surface area (Å²) in [6.07, 6.45) is -2.09. The zero-order valence-corrected chi connectivity index (χ0v) is 10.8. The number of nitrogens with one attached hydrogen (secondary N) is 1. The molecule has 0 aliphatic heterocycles. The second-order valence-electron chi connectivity index (χ2n) is 4.34. The topological polar surface area (TPSA) is 95.6 Å². The highest BCUT2D eigenvalue weighted by atomic mass is 19.1. The van der Waals surface area contributed by atoms with Crippen molar-refractivity contribution in [1.29, 1.82) is 0 Å². The summed E-state index contributed by atoms with van der Waals surface area (Å²) < 4.78 is 13.5. The summed E-state index contributed by atoms with van der Waals surface area (Å²) in [6.45, 7) is 1.69. The van der Waals surface area contributed by atoms with Gasteiger partial charge in [0, 0.05) is 25.6 Å². The van der Waals surface area contributed by atoms with Crippen molar-refractivity contribution in [3.63, 3.8) is 0 Å². The lowest BCUT2D eigenvalue weighted by atomic mass is 10.0. The second-order valence-corrected chi connectivity index (χ2v) is 4.34. The Bertz CT molecular complexity index is 440. The van der Waals surface area contributed by atoms with Crippen LogP contribution in [0.2, 0.25) is 0 Å². The monoisotopic (exact) mass is 270 g/mol. The zero-order valence-electron chi connectivity index (χ0n) is 10.8. The van der Waals surface area contributed by atoms with Gasteiger partial charge in [-0.25, -0.2) is 4.39 Å². The van der Waals surface area contributed by atoms with Crippen molar-refractivity contribution in [2.75, 3.05) is 6.54 Å². The molecule has 1 rings (SSSR count). The fraction of sp³-hybridized carbons (Fsp3) is 0.462. The molecule has 0 aromatic heterocycles. The standard InChI is InChI=1S/C13H19FN2O3/c1-8(17)16-5-4-12(18)13(19)9-2-3-10(7-15)11(14)6-9/h2-3,6,12-13,18-19H,4-5,7,15H2,1H3,(H,16,17). The molecule has 0 radical (unpaired) electrons. The fourth-order valence-electron chi connectivity index (χ4n) is 1.69. The summed E-state index contributed by atoms with van der Waals surface area (Å²) in [7, 11) is 0. The van der Waals surface area contributed by atoms with Crippen molar-refractivity contribution in [3.05, 3.63) is 35.1 Å². The van der Waals surface area contributed by atoms with E-state index in [0.717, 1.165) is 6.07 Å². The Morgan fingerprint density at radius 2 is 2.16 bits per heavy atom. The Balaban J connectivity index is 2.63. The fourth-order valence-corrected chi connectivity index (χ4v) is 1.69. The predicted octanol–water partition coefficient (Wildman–Crippen LogP) is 0.205. The molecule has 0 aliphatic carbocycles. The lowest BCUT2D eigenvalue weighted by molar-refractivity contribution is -0.119. The number of nitrogens with two attached hydrogens (primary N) is 1. The number of hydrogen-bond donors (Lipinski definition) is 4. The molecule has 106 valence electrons. The van der Waals surface area contributed by atoms with E-state index in [1.807, 2.05) is 0 Å². The maximum absolute atomic E-state index is 13.5. The molecule has 1 aromatic rings. The number of carbonyl (C=O) groups excluding carboxylic acids is 1. The lowest BCUT2D eigenvalue weighted by Gasteiger charge is -2.18. The maximum atomic E-state index is 13.5. The number of benzene rings is 1. The van der Waals surface area contributed by atoms with Crippen LogP contribution in [0.4, 0.5) is 4.39 Å². The molecule has 0 spiro atoms. The van der Waals surface area contributed by atoms with Crippen LogP contribution in [0, 0.1) is 5.82 Å². The van der Waals surface area contributed by atoms with E-state index in [4.69, 9.17) is 5.73 Å². The van der Waals surface area contributed by atoms with Gasteiger partial charge in [0.05, 0.1) is 6.10 Å². The van der Waals surface area contributed by atoms with Gasteiger partial charge >= 0.3 is 0 Å². The van der Waals surface area contributed by atoms with Crippen molar-refractivity contribution in [3.8, 4) is 0 Å². The predicted molar refractivity (Wildman–Crippen MR) is 68.6 cm³/mol. The number of aliphatic hydroxyl groups excluding tert-OH is 2. The van der Waals surface area contributed by atoms with Crippen LogP contribution in [-0.4, -0.2) is 28.8 Å². The molecule has 2 unspecified atom stereocenters. The van der Waals surface area contributed by atoms with Gasteiger partial charge in [0.1, 0.15) is 11.9 Å². The van der Waals surface area contributed by atoms with E-state index in [-0.39, 0.29) is 31.0 Å². The van der Waals surface area contributed by atoms with Crippen LogP contribution in [0.3, 0.4) is 0 Å². The van der Waals surface area contributed by atoms with E-state index in [1.54, 1.807) is 0 Å². The molecule has 0 heterocycles. The number of aliphatic hydroxyl groups is 2. The molecule has 5 nitrogen and oxygen atoms in total. The Morgan fingerprint density at radius 3 is 2.68 bits per heavy atom. The third-order valence-corrected chi connectivity index (χ3v) is 2.82. The third kappa shape index (κ3) is 4.59. The van der Waals surface area contributed by atoms with Gasteiger partial charge in [-0.05, 0) is 18.1 Å². The molecule has 0 bridgehead atoms. The van der Waals surface area contributed by atoms with Gasteiger partial charge in [0.15, 0.2) is 0 Å². The summed E-state index contributed by atoms with van der Waals surface area (Å²) in [6, 6.07) is 4.17. The molecular formula is C13H19FN2O3. The molecule has 1 aromatic carbocycles.